The molecule has 0 radical (unpaired) electrons. The summed E-state index contributed by atoms with van der Waals surface area (Å²) >= 11 is 0. The van der Waals surface area contributed by atoms with E-state index in [-0.39, 0.29) is 0 Å². The van der Waals surface area contributed by atoms with Crippen molar-refractivity contribution < 1.29 is 0 Å². The van der Waals surface area contributed by atoms with E-state index in [1.807, 2.05) is 12.1 Å². The molecule has 1 aromatic heterocycles. The quantitative estimate of drug-likeness (QED) is 0.682. The minimum atomic E-state index is 0.718. The molecule has 0 aliphatic heterocycles. The van der Waals surface area contributed by atoms with Crippen LogP contribution < -0.4 is 0 Å². The Morgan fingerprint density at radius 3 is 2.79 bits per heavy atom. The van der Waals surface area contributed by atoms with Gasteiger partial charge in [0.15, 0.2) is 0 Å². The van der Waals surface area contributed by atoms with E-state index in [0.29, 0.717) is 0 Å². The van der Waals surface area contributed by atoms with Crippen molar-refractivity contribution in [2.24, 2.45) is 5.92 Å². The van der Waals surface area contributed by atoms with Crippen LogP contribution in [0.4, 0.5) is 0 Å². The fourth-order valence-corrected chi connectivity index (χ4v) is 3.05. The van der Waals surface area contributed by atoms with Crippen molar-refractivity contribution in [1.29, 1.82) is 5.26 Å². The van der Waals surface area contributed by atoms with Gasteiger partial charge in [-0.1, -0.05) is 25.1 Å². The molecule has 1 aliphatic rings. The van der Waals surface area contributed by atoms with Crippen LogP contribution in [0.15, 0.2) is 36.4 Å². The van der Waals surface area contributed by atoms with Crippen molar-refractivity contribution >= 4 is 21.8 Å². The van der Waals surface area contributed by atoms with Gasteiger partial charge in [0.25, 0.3) is 0 Å². The average molecular weight is 246 g/mol. The molecule has 1 N–H and O–H groups in total. The van der Waals surface area contributed by atoms with Gasteiger partial charge >= 0.3 is 0 Å². The van der Waals surface area contributed by atoms with Crippen LogP contribution in [0.25, 0.3) is 21.8 Å². The summed E-state index contributed by atoms with van der Waals surface area (Å²) in [6.45, 7) is 2.30. The molecule has 1 aliphatic carbocycles. The maximum atomic E-state index is 9.18. The van der Waals surface area contributed by atoms with E-state index in [0.717, 1.165) is 33.8 Å². The van der Waals surface area contributed by atoms with Crippen LogP contribution in [0.2, 0.25) is 0 Å². The third-order valence-corrected chi connectivity index (χ3v) is 4.32. The summed E-state index contributed by atoms with van der Waals surface area (Å²) in [5.74, 6) is 1.55. The molecule has 19 heavy (non-hydrogen) atoms. The summed E-state index contributed by atoms with van der Waals surface area (Å²) in [7, 11) is 0. The first-order valence-corrected chi connectivity index (χ1v) is 6.72. The zero-order valence-corrected chi connectivity index (χ0v) is 10.8. The second-order valence-corrected chi connectivity index (χ2v) is 5.59. The number of rotatable bonds is 1. The van der Waals surface area contributed by atoms with Gasteiger partial charge in [0.2, 0.25) is 0 Å². The van der Waals surface area contributed by atoms with Crippen molar-refractivity contribution in [3.63, 3.8) is 0 Å². The van der Waals surface area contributed by atoms with Crippen molar-refractivity contribution in [3.05, 3.63) is 47.5 Å². The predicted octanol–water partition coefficient (Wildman–Crippen LogP) is 4.32. The predicted molar refractivity (Wildman–Crippen MR) is 77.0 cm³/mol. The van der Waals surface area contributed by atoms with E-state index >= 15 is 0 Å². The lowest BCUT2D eigenvalue weighted by Crippen LogP contribution is -1.80. The highest BCUT2D eigenvalue weighted by Gasteiger charge is 2.33. The zero-order chi connectivity index (χ0) is 13.0. The molecular formula is C17H14N2. The van der Waals surface area contributed by atoms with Gasteiger partial charge in [0.05, 0.1) is 11.1 Å². The Bertz CT molecular complexity index is 835. The Balaban J connectivity index is 2.03. The minimum absolute atomic E-state index is 0.718. The van der Waals surface area contributed by atoms with Gasteiger partial charge in [0.1, 0.15) is 6.07 Å². The molecule has 4 rings (SSSR count). The van der Waals surface area contributed by atoms with Gasteiger partial charge in [-0.05, 0) is 42.0 Å². The Morgan fingerprint density at radius 2 is 2.05 bits per heavy atom. The van der Waals surface area contributed by atoms with Gasteiger partial charge in [-0.3, -0.25) is 0 Å². The molecule has 3 aromatic rings. The zero-order valence-electron chi connectivity index (χ0n) is 10.8. The van der Waals surface area contributed by atoms with Crippen LogP contribution in [-0.2, 0) is 0 Å². The largest absolute Gasteiger partial charge is 0.353 e. The Kier molecular flexibility index (Phi) is 2.02. The Hall–Kier alpha value is -2.27. The average Bonchev–Trinajstić information content (AvgIpc) is 3.05. The molecule has 0 spiro atoms. The number of fused-ring (bicyclic) bond motifs is 3. The third kappa shape index (κ3) is 1.48. The summed E-state index contributed by atoms with van der Waals surface area (Å²) in [6, 6.07) is 14.8. The van der Waals surface area contributed by atoms with Crippen molar-refractivity contribution in [2.45, 2.75) is 19.3 Å². The number of para-hydroxylation sites is 1. The minimum Gasteiger partial charge on any atom is -0.353 e. The number of aromatic nitrogens is 1. The number of hydrogen-bond donors (Lipinski definition) is 1. The molecule has 1 saturated carbocycles. The second kappa shape index (κ2) is 3.61. The summed E-state index contributed by atoms with van der Waals surface area (Å²) in [6.07, 6.45) is 1.30. The van der Waals surface area contributed by atoms with Crippen LogP contribution in [0.5, 0.6) is 0 Å². The summed E-state index contributed by atoms with van der Waals surface area (Å²) in [4.78, 5) is 3.37. The van der Waals surface area contributed by atoms with E-state index in [2.05, 4.69) is 42.2 Å². The second-order valence-electron chi connectivity index (χ2n) is 5.59. The summed E-state index contributed by atoms with van der Waals surface area (Å²) < 4.78 is 0. The van der Waals surface area contributed by atoms with Crippen LogP contribution in [0.3, 0.4) is 0 Å². The number of benzene rings is 2. The Morgan fingerprint density at radius 1 is 1.21 bits per heavy atom. The lowest BCUT2D eigenvalue weighted by molar-refractivity contribution is 0.916. The molecule has 2 heteroatoms. The van der Waals surface area contributed by atoms with Crippen LogP contribution in [-0.4, -0.2) is 4.98 Å². The van der Waals surface area contributed by atoms with E-state index in [1.54, 1.807) is 0 Å². The van der Waals surface area contributed by atoms with Gasteiger partial charge in [-0.15, -0.1) is 0 Å². The highest BCUT2D eigenvalue weighted by atomic mass is 14.7. The van der Waals surface area contributed by atoms with Crippen molar-refractivity contribution in [2.75, 3.05) is 0 Å². The van der Waals surface area contributed by atoms with Crippen molar-refractivity contribution in [3.8, 4) is 6.07 Å². The first-order valence-electron chi connectivity index (χ1n) is 6.72. The highest BCUT2D eigenvalue weighted by molar-refractivity contribution is 6.09. The fraction of sp³-hybridized carbons (Fsp3) is 0.235. The molecule has 0 saturated heterocycles. The number of nitrogens with one attached hydrogen (secondary N) is 1. The number of aromatic amines is 1. The molecular weight excluding hydrogens is 232 g/mol. The van der Waals surface area contributed by atoms with Gasteiger partial charge in [-0.25, -0.2) is 0 Å². The van der Waals surface area contributed by atoms with E-state index in [4.69, 9.17) is 0 Å². The number of H-pyrrole nitrogens is 1. The summed E-state index contributed by atoms with van der Waals surface area (Å²) in [5.41, 5.74) is 4.23. The summed E-state index contributed by atoms with van der Waals surface area (Å²) in [5, 5.41) is 11.6. The van der Waals surface area contributed by atoms with E-state index in [9.17, 15) is 5.26 Å². The Labute approximate surface area is 111 Å². The fourth-order valence-electron chi connectivity index (χ4n) is 3.05. The molecule has 0 amide bonds. The van der Waals surface area contributed by atoms with E-state index < -0.39 is 0 Å². The topological polar surface area (TPSA) is 39.6 Å². The van der Waals surface area contributed by atoms with Gasteiger partial charge < -0.3 is 4.98 Å². The number of nitrogens with zero attached hydrogens (tertiary/aromatic N) is 1. The van der Waals surface area contributed by atoms with Crippen molar-refractivity contribution in [1.82, 2.24) is 4.98 Å². The normalized spacial score (nSPS) is 21.7. The maximum Gasteiger partial charge on any atom is 0.101 e. The van der Waals surface area contributed by atoms with E-state index in [1.165, 1.54) is 17.4 Å². The van der Waals surface area contributed by atoms with Crippen LogP contribution in [0.1, 0.15) is 30.4 Å². The first kappa shape index (κ1) is 10.6. The standard InChI is InChI=1S/C17H14N2/c1-10-7-14(10)11-5-6-16-15(8-11)13-4-2-3-12(9-18)17(13)19-16/h2-6,8,10,14,19H,7H2,1H3/t10?,14-/m0/s1. The SMILES string of the molecule is CC1C[C@@H]1c1ccc2[nH]c3c(C#N)cccc3c2c1. The highest BCUT2D eigenvalue weighted by Crippen LogP contribution is 2.47. The molecule has 1 heterocycles. The third-order valence-electron chi connectivity index (χ3n) is 4.32. The first-order chi connectivity index (χ1) is 9.28. The number of hydrogen-bond acceptors (Lipinski definition) is 1. The monoisotopic (exact) mass is 246 g/mol. The number of nitriles is 1. The molecule has 2 aromatic carbocycles. The molecule has 1 unspecified atom stereocenters. The molecule has 2 atom stereocenters. The van der Waals surface area contributed by atoms with Gasteiger partial charge in [-0.2, -0.15) is 5.26 Å². The smallest absolute Gasteiger partial charge is 0.101 e. The lowest BCUT2D eigenvalue weighted by Gasteiger charge is -1.99. The molecule has 2 nitrogen and oxygen atoms in total. The lowest BCUT2D eigenvalue weighted by atomic mass is 10.0. The maximum absolute atomic E-state index is 9.18. The molecule has 0 bridgehead atoms. The van der Waals surface area contributed by atoms with Crippen LogP contribution in [0, 0.1) is 17.2 Å². The molecule has 1 fully saturated rings. The van der Waals surface area contributed by atoms with Gasteiger partial charge in [0, 0.05) is 16.3 Å². The molecule has 92 valence electrons. The van der Waals surface area contributed by atoms with Crippen LogP contribution >= 0.6 is 0 Å².